The molecule has 9 heteroatoms. The number of nitrogens with zero attached hydrogens (tertiary/aromatic N) is 2. The SMILES string of the molecule is Cc1cc(NNC=C2C=CC(=[N+]([O-])[O-])O2)c2cc3c(cc2n1)OCO3. The number of aryl methyl sites for hydroxylation is 1. The van der Waals surface area contributed by atoms with E-state index in [9.17, 15) is 10.4 Å². The lowest BCUT2D eigenvalue weighted by molar-refractivity contribution is -0.388. The number of hydrogen-bond donors (Lipinski definition) is 2. The maximum Gasteiger partial charge on any atom is 0.391 e. The Labute approximate surface area is 142 Å². The van der Waals surface area contributed by atoms with E-state index in [0.717, 1.165) is 22.3 Å². The summed E-state index contributed by atoms with van der Waals surface area (Å²) >= 11 is 0. The number of rotatable bonds is 3. The Morgan fingerprint density at radius 1 is 1.16 bits per heavy atom. The number of hydrazine groups is 1. The average Bonchev–Trinajstić information content (AvgIpc) is 3.21. The Morgan fingerprint density at radius 3 is 2.72 bits per heavy atom. The van der Waals surface area contributed by atoms with Gasteiger partial charge < -0.3 is 35.5 Å². The maximum atomic E-state index is 10.6. The van der Waals surface area contributed by atoms with Crippen LogP contribution in [0.5, 0.6) is 11.5 Å². The van der Waals surface area contributed by atoms with Gasteiger partial charge in [0.05, 0.1) is 23.5 Å². The highest BCUT2D eigenvalue weighted by molar-refractivity contribution is 5.94. The van der Waals surface area contributed by atoms with Crippen molar-refractivity contribution >= 4 is 22.5 Å². The molecule has 0 fully saturated rings. The molecule has 3 heterocycles. The first-order chi connectivity index (χ1) is 12.1. The van der Waals surface area contributed by atoms with E-state index in [2.05, 4.69) is 15.8 Å². The van der Waals surface area contributed by atoms with Crippen LogP contribution in [0.1, 0.15) is 5.69 Å². The van der Waals surface area contributed by atoms with Crippen LogP contribution in [-0.4, -0.2) is 22.6 Å². The van der Waals surface area contributed by atoms with Crippen LogP contribution in [-0.2, 0) is 4.74 Å². The van der Waals surface area contributed by atoms with Gasteiger partial charge in [0.1, 0.15) is 0 Å². The molecule has 2 aliphatic heterocycles. The molecule has 9 nitrogen and oxygen atoms in total. The molecule has 0 spiro atoms. The van der Waals surface area contributed by atoms with Gasteiger partial charge >= 0.3 is 5.90 Å². The monoisotopic (exact) mass is 341 g/mol. The van der Waals surface area contributed by atoms with Crippen molar-refractivity contribution in [3.05, 3.63) is 58.4 Å². The molecule has 4 rings (SSSR count). The molecule has 1 aromatic carbocycles. The summed E-state index contributed by atoms with van der Waals surface area (Å²) in [6, 6.07) is 5.55. The average molecular weight is 341 g/mol. The molecule has 0 unspecified atom stereocenters. The van der Waals surface area contributed by atoms with Crippen LogP contribution < -0.4 is 20.3 Å². The third-order valence-electron chi connectivity index (χ3n) is 3.64. The molecule has 1 aromatic heterocycles. The summed E-state index contributed by atoms with van der Waals surface area (Å²) in [6.07, 6.45) is 4.28. The zero-order chi connectivity index (χ0) is 17.4. The van der Waals surface area contributed by atoms with Gasteiger partial charge in [0.15, 0.2) is 17.3 Å². The number of anilines is 1. The Kier molecular flexibility index (Phi) is 3.46. The zero-order valence-corrected chi connectivity index (χ0v) is 13.1. The molecule has 2 aromatic rings. The Balaban J connectivity index is 1.58. The van der Waals surface area contributed by atoms with Crippen LogP contribution in [0.4, 0.5) is 5.69 Å². The van der Waals surface area contributed by atoms with Gasteiger partial charge in [0.2, 0.25) is 6.79 Å². The first-order valence-corrected chi connectivity index (χ1v) is 7.40. The predicted octanol–water partition coefficient (Wildman–Crippen LogP) is 2.02. The largest absolute Gasteiger partial charge is 0.610 e. The standard InChI is InChI=1S/C16H13N4O5/c1-9-4-13(19-17-7-10-2-3-16(25-10)20(21)22)11-5-14-15(24-8-23-14)6-12(11)18-9/h2-7,17H,8H2,1H3,(H-,18,19,21,22)/q-1. The topological polar surface area (TPSA) is 114 Å². The number of fused-ring (bicyclic) bond motifs is 2. The molecular formula is C16H13N4O5-. The summed E-state index contributed by atoms with van der Waals surface area (Å²) in [5, 5.41) is 22.1. The number of nitrogens with one attached hydrogen (secondary N) is 2. The smallest absolute Gasteiger partial charge is 0.391 e. The molecule has 0 saturated heterocycles. The molecular weight excluding hydrogens is 328 g/mol. The zero-order valence-electron chi connectivity index (χ0n) is 13.1. The lowest BCUT2D eigenvalue weighted by Crippen LogP contribution is -2.16. The molecule has 0 amide bonds. The minimum atomic E-state index is -0.590. The number of pyridine rings is 1. The summed E-state index contributed by atoms with van der Waals surface area (Å²) in [4.78, 5) is 3.91. The molecule has 25 heavy (non-hydrogen) atoms. The Morgan fingerprint density at radius 2 is 1.96 bits per heavy atom. The van der Waals surface area contributed by atoms with Crippen LogP contribution in [0.15, 0.2) is 42.3 Å². The van der Waals surface area contributed by atoms with E-state index in [4.69, 9.17) is 14.2 Å². The van der Waals surface area contributed by atoms with Gasteiger partial charge in [-0.05, 0) is 25.1 Å². The van der Waals surface area contributed by atoms with Gasteiger partial charge in [-0.2, -0.15) is 0 Å². The van der Waals surface area contributed by atoms with Crippen LogP contribution in [0.2, 0.25) is 0 Å². The number of ether oxygens (including phenoxy) is 3. The van der Waals surface area contributed by atoms with Crippen molar-refractivity contribution in [2.45, 2.75) is 6.92 Å². The second kappa shape index (κ2) is 5.78. The fourth-order valence-corrected chi connectivity index (χ4v) is 2.55. The van der Waals surface area contributed by atoms with Gasteiger partial charge in [-0.25, -0.2) is 0 Å². The highest BCUT2D eigenvalue weighted by Gasteiger charge is 2.17. The Bertz CT molecular complexity index is 947. The van der Waals surface area contributed by atoms with E-state index in [1.54, 1.807) is 0 Å². The fourth-order valence-electron chi connectivity index (χ4n) is 2.55. The van der Waals surface area contributed by atoms with E-state index in [-0.39, 0.29) is 12.7 Å². The second-order valence-electron chi connectivity index (χ2n) is 5.38. The normalized spacial score (nSPS) is 16.4. The van der Waals surface area contributed by atoms with Crippen molar-refractivity contribution in [3.63, 3.8) is 0 Å². The van der Waals surface area contributed by atoms with E-state index in [1.807, 2.05) is 25.1 Å². The van der Waals surface area contributed by atoms with Crippen molar-refractivity contribution in [3.8, 4) is 11.5 Å². The first kappa shape index (κ1) is 14.9. The third kappa shape index (κ3) is 2.82. The molecule has 2 aliphatic rings. The summed E-state index contributed by atoms with van der Waals surface area (Å²) < 4.78 is 15.8. The van der Waals surface area contributed by atoms with E-state index < -0.39 is 4.90 Å². The van der Waals surface area contributed by atoms with Crippen LogP contribution in [0, 0.1) is 17.3 Å². The third-order valence-corrected chi connectivity index (χ3v) is 3.64. The number of aromatic nitrogens is 1. The van der Waals surface area contributed by atoms with E-state index in [1.165, 1.54) is 18.4 Å². The second-order valence-corrected chi connectivity index (χ2v) is 5.38. The number of hydrogen-bond acceptors (Lipinski definition) is 8. The van der Waals surface area contributed by atoms with Crippen molar-refractivity contribution in [1.29, 1.82) is 0 Å². The van der Waals surface area contributed by atoms with Crippen LogP contribution >= 0.6 is 0 Å². The summed E-state index contributed by atoms with van der Waals surface area (Å²) in [5.41, 5.74) is 8.27. The summed E-state index contributed by atoms with van der Waals surface area (Å²) in [7, 11) is 0. The quantitative estimate of drug-likeness (QED) is 0.644. The highest BCUT2D eigenvalue weighted by atomic mass is 16.8. The summed E-state index contributed by atoms with van der Waals surface area (Å²) in [5.74, 6) is 1.34. The van der Waals surface area contributed by atoms with E-state index in [0.29, 0.717) is 17.3 Å². The van der Waals surface area contributed by atoms with Gasteiger partial charge in [-0.1, -0.05) is 0 Å². The molecule has 0 radical (unpaired) electrons. The number of allylic oxidation sites excluding steroid dienone is 1. The van der Waals surface area contributed by atoms with Crippen molar-refractivity contribution < 1.29 is 19.1 Å². The van der Waals surface area contributed by atoms with Gasteiger partial charge in [0, 0.05) is 17.1 Å². The van der Waals surface area contributed by atoms with Crippen LogP contribution in [0.3, 0.4) is 0 Å². The molecule has 2 N–H and O–H groups in total. The van der Waals surface area contributed by atoms with Crippen LogP contribution in [0.25, 0.3) is 10.9 Å². The minimum absolute atomic E-state index is 0.191. The molecule has 0 atom stereocenters. The predicted molar refractivity (Wildman–Crippen MR) is 89.7 cm³/mol. The highest BCUT2D eigenvalue weighted by Crippen LogP contribution is 2.37. The molecule has 0 bridgehead atoms. The van der Waals surface area contributed by atoms with Crippen molar-refractivity contribution in [2.24, 2.45) is 0 Å². The van der Waals surface area contributed by atoms with Gasteiger partial charge in [0.25, 0.3) is 0 Å². The van der Waals surface area contributed by atoms with Gasteiger partial charge in [-0.15, -0.1) is 4.90 Å². The molecule has 0 aliphatic carbocycles. The number of benzene rings is 1. The maximum absolute atomic E-state index is 10.6. The van der Waals surface area contributed by atoms with Crippen molar-refractivity contribution in [1.82, 2.24) is 10.4 Å². The summed E-state index contributed by atoms with van der Waals surface area (Å²) in [6.45, 7) is 2.07. The van der Waals surface area contributed by atoms with E-state index >= 15 is 0 Å². The lowest BCUT2D eigenvalue weighted by atomic mass is 10.1. The first-order valence-electron chi connectivity index (χ1n) is 7.40. The van der Waals surface area contributed by atoms with Gasteiger partial charge in [-0.3, -0.25) is 4.98 Å². The van der Waals surface area contributed by atoms with Crippen molar-refractivity contribution in [2.75, 3.05) is 12.2 Å². The Hall–Kier alpha value is -3.62. The minimum Gasteiger partial charge on any atom is -0.610 e. The molecule has 0 saturated carbocycles. The molecule has 128 valence electrons. The fraction of sp³-hybridized carbons (Fsp3) is 0.125. The lowest BCUT2D eigenvalue weighted by Gasteiger charge is -2.11.